The van der Waals surface area contributed by atoms with Crippen molar-refractivity contribution in [2.75, 3.05) is 31.6 Å². The van der Waals surface area contributed by atoms with Crippen LogP contribution in [0.2, 0.25) is 0 Å². The van der Waals surface area contributed by atoms with E-state index in [4.69, 9.17) is 10.2 Å². The summed E-state index contributed by atoms with van der Waals surface area (Å²) in [6, 6.07) is 5.16. The number of amides is 2. The SMILES string of the molecule is Cc1ccc(NC(=O)N(CCO)CCO)cc1Br. The summed E-state index contributed by atoms with van der Waals surface area (Å²) >= 11 is 3.39. The molecule has 0 spiro atoms. The highest BCUT2D eigenvalue weighted by Gasteiger charge is 2.12. The molecule has 2 amide bonds. The highest BCUT2D eigenvalue weighted by molar-refractivity contribution is 9.10. The number of aliphatic hydroxyl groups is 2. The Hall–Kier alpha value is -1.11. The zero-order valence-corrected chi connectivity index (χ0v) is 11.8. The number of carbonyl (C=O) groups excluding carboxylic acids is 1. The number of halogens is 1. The molecule has 0 radical (unpaired) electrons. The van der Waals surface area contributed by atoms with Crippen molar-refractivity contribution in [2.24, 2.45) is 0 Å². The molecule has 3 N–H and O–H groups in total. The quantitative estimate of drug-likeness (QED) is 0.772. The monoisotopic (exact) mass is 316 g/mol. The highest BCUT2D eigenvalue weighted by atomic mass is 79.9. The normalized spacial score (nSPS) is 10.2. The lowest BCUT2D eigenvalue weighted by molar-refractivity contribution is 0.167. The topological polar surface area (TPSA) is 72.8 Å². The zero-order chi connectivity index (χ0) is 13.5. The molecule has 0 aliphatic carbocycles. The first-order chi connectivity index (χ1) is 8.58. The molecule has 0 saturated carbocycles. The van der Waals surface area contributed by atoms with Crippen LogP contribution in [0.1, 0.15) is 5.56 Å². The smallest absolute Gasteiger partial charge is 0.321 e. The Labute approximate surface area is 115 Å². The Bertz CT molecular complexity index is 406. The second kappa shape index (κ2) is 7.35. The largest absolute Gasteiger partial charge is 0.395 e. The van der Waals surface area contributed by atoms with Gasteiger partial charge in [-0.1, -0.05) is 22.0 Å². The van der Waals surface area contributed by atoms with Crippen molar-refractivity contribution < 1.29 is 15.0 Å². The summed E-state index contributed by atoms with van der Waals surface area (Å²) in [5.74, 6) is 0. The Morgan fingerprint density at radius 2 is 1.94 bits per heavy atom. The van der Waals surface area contributed by atoms with Crippen molar-refractivity contribution in [1.29, 1.82) is 0 Å². The lowest BCUT2D eigenvalue weighted by atomic mass is 10.2. The van der Waals surface area contributed by atoms with Gasteiger partial charge in [0.1, 0.15) is 0 Å². The van der Waals surface area contributed by atoms with Gasteiger partial charge in [-0.15, -0.1) is 0 Å². The van der Waals surface area contributed by atoms with Gasteiger partial charge >= 0.3 is 6.03 Å². The number of anilines is 1. The Morgan fingerprint density at radius 1 is 1.33 bits per heavy atom. The molecule has 0 aromatic heterocycles. The Balaban J connectivity index is 2.69. The number of urea groups is 1. The maximum absolute atomic E-state index is 11.9. The molecule has 0 fully saturated rings. The number of carbonyl (C=O) groups is 1. The maximum Gasteiger partial charge on any atom is 0.321 e. The minimum atomic E-state index is -0.339. The molecule has 0 atom stereocenters. The van der Waals surface area contributed by atoms with E-state index in [2.05, 4.69) is 21.2 Å². The van der Waals surface area contributed by atoms with E-state index in [9.17, 15) is 4.79 Å². The average Bonchev–Trinajstić information content (AvgIpc) is 2.33. The molecular formula is C12H17BrN2O3. The van der Waals surface area contributed by atoms with Gasteiger partial charge in [0, 0.05) is 23.2 Å². The van der Waals surface area contributed by atoms with Gasteiger partial charge in [0.25, 0.3) is 0 Å². The van der Waals surface area contributed by atoms with E-state index in [1.165, 1.54) is 4.90 Å². The number of aryl methyl sites for hydroxylation is 1. The van der Waals surface area contributed by atoms with Gasteiger partial charge in [-0.05, 0) is 24.6 Å². The highest BCUT2D eigenvalue weighted by Crippen LogP contribution is 2.20. The molecule has 0 bridgehead atoms. The van der Waals surface area contributed by atoms with Crippen LogP contribution in [0.3, 0.4) is 0 Å². The fraction of sp³-hybridized carbons (Fsp3) is 0.417. The molecule has 0 heterocycles. The van der Waals surface area contributed by atoms with Crippen molar-refractivity contribution in [2.45, 2.75) is 6.92 Å². The molecule has 0 aliphatic rings. The Morgan fingerprint density at radius 3 is 2.44 bits per heavy atom. The molecule has 0 aliphatic heterocycles. The van der Waals surface area contributed by atoms with E-state index >= 15 is 0 Å². The van der Waals surface area contributed by atoms with Crippen LogP contribution < -0.4 is 5.32 Å². The number of nitrogens with zero attached hydrogens (tertiary/aromatic N) is 1. The van der Waals surface area contributed by atoms with Gasteiger partial charge in [-0.25, -0.2) is 4.79 Å². The van der Waals surface area contributed by atoms with E-state index in [-0.39, 0.29) is 32.3 Å². The first-order valence-corrected chi connectivity index (χ1v) is 6.41. The van der Waals surface area contributed by atoms with Crippen LogP contribution in [-0.2, 0) is 0 Å². The molecule has 1 rings (SSSR count). The molecule has 5 nitrogen and oxygen atoms in total. The molecule has 0 saturated heterocycles. The first-order valence-electron chi connectivity index (χ1n) is 5.62. The van der Waals surface area contributed by atoms with Crippen molar-refractivity contribution in [3.8, 4) is 0 Å². The molecular weight excluding hydrogens is 300 g/mol. The number of nitrogens with one attached hydrogen (secondary N) is 1. The molecule has 1 aromatic carbocycles. The summed E-state index contributed by atoms with van der Waals surface area (Å²) < 4.78 is 0.913. The third-order valence-electron chi connectivity index (χ3n) is 2.45. The number of hydrogen-bond acceptors (Lipinski definition) is 3. The summed E-state index contributed by atoms with van der Waals surface area (Å²) in [6.45, 7) is 2.08. The molecule has 0 unspecified atom stereocenters. The van der Waals surface area contributed by atoms with Crippen molar-refractivity contribution in [3.05, 3.63) is 28.2 Å². The second-order valence-electron chi connectivity index (χ2n) is 3.83. The van der Waals surface area contributed by atoms with Crippen LogP contribution in [0.15, 0.2) is 22.7 Å². The van der Waals surface area contributed by atoms with E-state index in [1.807, 2.05) is 19.1 Å². The summed E-state index contributed by atoms with van der Waals surface area (Å²) in [4.78, 5) is 13.2. The number of hydrogen-bond donors (Lipinski definition) is 3. The predicted molar refractivity (Wildman–Crippen MR) is 73.6 cm³/mol. The standard InChI is InChI=1S/C12H17BrN2O3/c1-9-2-3-10(8-11(9)13)14-12(18)15(4-6-16)5-7-17/h2-3,8,16-17H,4-7H2,1H3,(H,14,18). The van der Waals surface area contributed by atoms with E-state index < -0.39 is 0 Å². The lowest BCUT2D eigenvalue weighted by Crippen LogP contribution is -2.38. The van der Waals surface area contributed by atoms with Gasteiger partial charge in [0.2, 0.25) is 0 Å². The van der Waals surface area contributed by atoms with Gasteiger partial charge in [-0.2, -0.15) is 0 Å². The second-order valence-corrected chi connectivity index (χ2v) is 4.68. The number of benzene rings is 1. The summed E-state index contributed by atoms with van der Waals surface area (Å²) in [6.07, 6.45) is 0. The van der Waals surface area contributed by atoms with Crippen LogP contribution in [0.5, 0.6) is 0 Å². The van der Waals surface area contributed by atoms with Crippen LogP contribution >= 0.6 is 15.9 Å². The van der Waals surface area contributed by atoms with Crippen LogP contribution in [0.25, 0.3) is 0 Å². The van der Waals surface area contributed by atoms with Crippen molar-refractivity contribution >= 4 is 27.6 Å². The van der Waals surface area contributed by atoms with E-state index in [0.717, 1.165) is 10.0 Å². The fourth-order valence-electron chi connectivity index (χ4n) is 1.43. The average molecular weight is 317 g/mol. The lowest BCUT2D eigenvalue weighted by Gasteiger charge is -2.21. The van der Waals surface area contributed by atoms with Gasteiger partial charge in [0.05, 0.1) is 13.2 Å². The Kier molecular flexibility index (Phi) is 6.11. The summed E-state index contributed by atoms with van der Waals surface area (Å²) in [5.41, 5.74) is 1.74. The predicted octanol–water partition coefficient (Wildman–Crippen LogP) is 1.58. The molecule has 1 aromatic rings. The van der Waals surface area contributed by atoms with Crippen LogP contribution in [-0.4, -0.2) is 47.4 Å². The fourth-order valence-corrected chi connectivity index (χ4v) is 1.81. The van der Waals surface area contributed by atoms with Crippen molar-refractivity contribution in [3.63, 3.8) is 0 Å². The molecule has 100 valence electrons. The third-order valence-corrected chi connectivity index (χ3v) is 3.30. The minimum Gasteiger partial charge on any atom is -0.395 e. The molecule has 6 heteroatoms. The number of rotatable bonds is 5. The van der Waals surface area contributed by atoms with Crippen LogP contribution in [0, 0.1) is 6.92 Å². The van der Waals surface area contributed by atoms with Gasteiger partial charge in [-0.3, -0.25) is 0 Å². The van der Waals surface area contributed by atoms with Crippen LogP contribution in [0.4, 0.5) is 10.5 Å². The summed E-state index contributed by atoms with van der Waals surface area (Å²) in [5, 5.41) is 20.4. The first kappa shape index (κ1) is 14.9. The van der Waals surface area contributed by atoms with E-state index in [1.54, 1.807) is 6.07 Å². The molecule has 18 heavy (non-hydrogen) atoms. The number of aliphatic hydroxyl groups excluding tert-OH is 2. The maximum atomic E-state index is 11.9. The zero-order valence-electron chi connectivity index (χ0n) is 10.2. The van der Waals surface area contributed by atoms with Crippen molar-refractivity contribution in [1.82, 2.24) is 4.90 Å². The minimum absolute atomic E-state index is 0.134. The summed E-state index contributed by atoms with van der Waals surface area (Å²) in [7, 11) is 0. The van der Waals surface area contributed by atoms with E-state index in [0.29, 0.717) is 5.69 Å². The van der Waals surface area contributed by atoms with Gasteiger partial charge < -0.3 is 20.4 Å². The third kappa shape index (κ3) is 4.29. The van der Waals surface area contributed by atoms with Gasteiger partial charge in [0.15, 0.2) is 0 Å².